The average molecular weight is 379 g/mol. The average Bonchev–Trinajstić information content (AvgIpc) is 3.10. The summed E-state index contributed by atoms with van der Waals surface area (Å²) in [6.45, 7) is 4.58. The van der Waals surface area contributed by atoms with Crippen LogP contribution in [0.15, 0.2) is 48.5 Å². The van der Waals surface area contributed by atoms with Crippen molar-refractivity contribution in [3.8, 4) is 0 Å². The van der Waals surface area contributed by atoms with Crippen molar-refractivity contribution in [1.82, 2.24) is 5.32 Å². The van der Waals surface area contributed by atoms with Gasteiger partial charge in [0.2, 0.25) is 11.8 Å². The highest BCUT2D eigenvalue weighted by atomic mass is 16.2. The van der Waals surface area contributed by atoms with E-state index in [1.54, 1.807) is 36.2 Å². The van der Waals surface area contributed by atoms with Crippen LogP contribution >= 0.6 is 0 Å². The first-order valence-corrected chi connectivity index (χ1v) is 9.42. The predicted molar refractivity (Wildman–Crippen MR) is 109 cm³/mol. The van der Waals surface area contributed by atoms with Crippen molar-refractivity contribution in [3.63, 3.8) is 0 Å². The Balaban J connectivity index is 1.67. The van der Waals surface area contributed by atoms with Gasteiger partial charge in [-0.05, 0) is 47.9 Å². The number of amides is 3. The minimum Gasteiger partial charge on any atom is -0.355 e. The van der Waals surface area contributed by atoms with E-state index in [9.17, 15) is 14.4 Å². The number of hydrogen-bond acceptors (Lipinski definition) is 3. The van der Waals surface area contributed by atoms with Crippen LogP contribution < -0.4 is 15.5 Å². The molecule has 28 heavy (non-hydrogen) atoms. The molecule has 2 aromatic carbocycles. The SMILES string of the molecule is CNC(=O)c1ccc(NC(=O)[C@H]2CC(=O)N(c3cccc(C(C)C)c3)C2)cc1. The van der Waals surface area contributed by atoms with E-state index in [0.29, 0.717) is 23.7 Å². The number of benzene rings is 2. The van der Waals surface area contributed by atoms with Crippen LogP contribution in [0.4, 0.5) is 11.4 Å². The van der Waals surface area contributed by atoms with Gasteiger partial charge in [0.25, 0.3) is 5.91 Å². The molecule has 3 rings (SSSR count). The Morgan fingerprint density at radius 1 is 1.11 bits per heavy atom. The van der Waals surface area contributed by atoms with Crippen molar-refractivity contribution in [2.45, 2.75) is 26.2 Å². The van der Waals surface area contributed by atoms with Gasteiger partial charge >= 0.3 is 0 Å². The molecule has 146 valence electrons. The minimum atomic E-state index is -0.408. The fraction of sp³-hybridized carbons (Fsp3) is 0.318. The maximum absolute atomic E-state index is 12.6. The van der Waals surface area contributed by atoms with Crippen LogP contribution in [-0.2, 0) is 9.59 Å². The van der Waals surface area contributed by atoms with Gasteiger partial charge in [0.1, 0.15) is 0 Å². The number of carbonyl (C=O) groups is 3. The van der Waals surface area contributed by atoms with Gasteiger partial charge in [-0.1, -0.05) is 26.0 Å². The van der Waals surface area contributed by atoms with E-state index in [1.807, 2.05) is 24.3 Å². The molecule has 6 heteroatoms. The summed E-state index contributed by atoms with van der Waals surface area (Å²) in [6.07, 6.45) is 0.189. The largest absolute Gasteiger partial charge is 0.355 e. The highest BCUT2D eigenvalue weighted by molar-refractivity contribution is 6.03. The van der Waals surface area contributed by atoms with Crippen LogP contribution in [0.3, 0.4) is 0 Å². The molecule has 0 unspecified atom stereocenters. The summed E-state index contributed by atoms with van der Waals surface area (Å²) in [6, 6.07) is 14.6. The molecule has 0 aromatic heterocycles. The first kappa shape index (κ1) is 19.6. The number of anilines is 2. The summed E-state index contributed by atoms with van der Waals surface area (Å²) in [7, 11) is 1.57. The van der Waals surface area contributed by atoms with Gasteiger partial charge in [-0.2, -0.15) is 0 Å². The van der Waals surface area contributed by atoms with Crippen LogP contribution in [0, 0.1) is 5.92 Å². The van der Waals surface area contributed by atoms with Gasteiger partial charge in [-0.3, -0.25) is 14.4 Å². The van der Waals surface area contributed by atoms with Crippen LogP contribution in [0.25, 0.3) is 0 Å². The van der Waals surface area contributed by atoms with Crippen molar-refractivity contribution < 1.29 is 14.4 Å². The Kier molecular flexibility index (Phi) is 5.78. The first-order valence-electron chi connectivity index (χ1n) is 9.42. The van der Waals surface area contributed by atoms with E-state index in [2.05, 4.69) is 24.5 Å². The van der Waals surface area contributed by atoms with Crippen molar-refractivity contribution >= 4 is 29.1 Å². The molecule has 1 atom stereocenters. The lowest BCUT2D eigenvalue weighted by molar-refractivity contribution is -0.122. The molecule has 1 aliphatic rings. The second-order valence-electron chi connectivity index (χ2n) is 7.30. The fourth-order valence-corrected chi connectivity index (χ4v) is 3.28. The molecule has 0 radical (unpaired) electrons. The number of rotatable bonds is 5. The minimum absolute atomic E-state index is 0.0454. The number of hydrogen-bond donors (Lipinski definition) is 2. The molecule has 2 N–H and O–H groups in total. The molecular formula is C22H25N3O3. The van der Waals surface area contributed by atoms with E-state index in [1.165, 1.54) is 0 Å². The van der Waals surface area contributed by atoms with Crippen molar-refractivity contribution in [2.75, 3.05) is 23.8 Å². The lowest BCUT2D eigenvalue weighted by Gasteiger charge is -2.18. The molecule has 3 amide bonds. The zero-order chi connectivity index (χ0) is 20.3. The van der Waals surface area contributed by atoms with Gasteiger partial charge in [-0.15, -0.1) is 0 Å². The van der Waals surface area contributed by atoms with Crippen LogP contribution in [0.1, 0.15) is 42.1 Å². The van der Waals surface area contributed by atoms with E-state index >= 15 is 0 Å². The predicted octanol–water partition coefficient (Wildman–Crippen LogP) is 3.16. The van der Waals surface area contributed by atoms with E-state index in [4.69, 9.17) is 0 Å². The summed E-state index contributed by atoms with van der Waals surface area (Å²) in [5.74, 6) is -0.457. The number of nitrogens with zero attached hydrogens (tertiary/aromatic N) is 1. The Hall–Kier alpha value is -3.15. The molecule has 1 fully saturated rings. The quantitative estimate of drug-likeness (QED) is 0.838. The summed E-state index contributed by atoms with van der Waals surface area (Å²) in [5, 5.41) is 5.39. The Morgan fingerprint density at radius 3 is 2.46 bits per heavy atom. The Morgan fingerprint density at radius 2 is 1.82 bits per heavy atom. The number of carbonyl (C=O) groups excluding carboxylic acids is 3. The molecule has 0 aliphatic carbocycles. The van der Waals surface area contributed by atoms with Crippen LogP contribution in [0.5, 0.6) is 0 Å². The van der Waals surface area contributed by atoms with Gasteiger partial charge in [-0.25, -0.2) is 0 Å². The van der Waals surface area contributed by atoms with E-state index < -0.39 is 5.92 Å². The highest BCUT2D eigenvalue weighted by Gasteiger charge is 2.35. The maximum atomic E-state index is 12.6. The van der Waals surface area contributed by atoms with Crippen molar-refractivity contribution in [3.05, 3.63) is 59.7 Å². The van der Waals surface area contributed by atoms with Crippen molar-refractivity contribution in [1.29, 1.82) is 0 Å². The lowest BCUT2D eigenvalue weighted by atomic mass is 10.0. The molecular weight excluding hydrogens is 354 g/mol. The van der Waals surface area contributed by atoms with Crippen LogP contribution in [-0.4, -0.2) is 31.3 Å². The first-order chi connectivity index (χ1) is 13.4. The second kappa shape index (κ2) is 8.25. The van der Waals surface area contributed by atoms with Gasteiger partial charge in [0, 0.05) is 37.0 Å². The normalized spacial score (nSPS) is 16.4. The summed E-state index contributed by atoms with van der Waals surface area (Å²) >= 11 is 0. The highest BCUT2D eigenvalue weighted by Crippen LogP contribution is 2.28. The zero-order valence-corrected chi connectivity index (χ0v) is 16.4. The fourth-order valence-electron chi connectivity index (χ4n) is 3.28. The van der Waals surface area contributed by atoms with Gasteiger partial charge in [0.05, 0.1) is 5.92 Å². The van der Waals surface area contributed by atoms with E-state index in [0.717, 1.165) is 11.3 Å². The Bertz CT molecular complexity index is 890. The second-order valence-corrected chi connectivity index (χ2v) is 7.30. The topological polar surface area (TPSA) is 78.5 Å². The third-order valence-corrected chi connectivity index (χ3v) is 4.99. The zero-order valence-electron chi connectivity index (χ0n) is 16.4. The van der Waals surface area contributed by atoms with Crippen molar-refractivity contribution in [2.24, 2.45) is 5.92 Å². The van der Waals surface area contributed by atoms with E-state index in [-0.39, 0.29) is 24.1 Å². The molecule has 1 aliphatic heterocycles. The summed E-state index contributed by atoms with van der Waals surface area (Å²) < 4.78 is 0. The standard InChI is InChI=1S/C22H25N3O3/c1-14(2)16-5-4-6-19(11-16)25-13-17(12-20(25)26)22(28)24-18-9-7-15(8-10-18)21(27)23-3/h4-11,14,17H,12-13H2,1-3H3,(H,23,27)(H,24,28)/t17-/m0/s1. The molecule has 6 nitrogen and oxygen atoms in total. The van der Waals surface area contributed by atoms with Gasteiger partial charge in [0.15, 0.2) is 0 Å². The molecule has 0 bridgehead atoms. The third kappa shape index (κ3) is 4.22. The molecule has 1 heterocycles. The number of nitrogens with one attached hydrogen (secondary N) is 2. The maximum Gasteiger partial charge on any atom is 0.251 e. The summed E-state index contributed by atoms with van der Waals surface area (Å²) in [5.41, 5.74) is 3.12. The monoisotopic (exact) mass is 379 g/mol. The molecule has 2 aromatic rings. The molecule has 0 spiro atoms. The Labute approximate surface area is 164 Å². The molecule has 1 saturated heterocycles. The molecule has 0 saturated carbocycles. The summed E-state index contributed by atoms with van der Waals surface area (Å²) in [4.78, 5) is 38.4. The van der Waals surface area contributed by atoms with Crippen LogP contribution in [0.2, 0.25) is 0 Å². The third-order valence-electron chi connectivity index (χ3n) is 4.99. The lowest BCUT2D eigenvalue weighted by Crippen LogP contribution is -2.28. The smallest absolute Gasteiger partial charge is 0.251 e. The van der Waals surface area contributed by atoms with Gasteiger partial charge < -0.3 is 15.5 Å².